The molecule has 0 aliphatic rings. The molecule has 0 unspecified atom stereocenters. The largest absolute Gasteiger partial charge is 2.00 e. The van der Waals surface area contributed by atoms with E-state index >= 15 is 0 Å². The number of hydrogen-bond acceptors (Lipinski definition) is 15. The van der Waals surface area contributed by atoms with Gasteiger partial charge < -0.3 is 87.2 Å². The van der Waals surface area contributed by atoms with Gasteiger partial charge in [-0.1, -0.05) is 19.1 Å². The number of aliphatic hydroxyl groups excluding tert-OH is 1. The topological polar surface area (TPSA) is 131 Å². The molecule has 0 amide bonds. The molecule has 284 valence electrons. The van der Waals surface area contributed by atoms with Crippen LogP contribution in [0.3, 0.4) is 0 Å². The Morgan fingerprint density at radius 2 is 0.583 bits per heavy atom. The number of rotatable bonds is 38. The predicted molar refractivity (Wildman–Crippen MR) is 187 cm³/mol. The SMILES string of the molecule is C=CCOCCO.C=CCOCCOCCOCCOCCOCCOCCOCCOCCOCCOCCOCC[S-].CC[S-].[Zn+2]. The van der Waals surface area contributed by atoms with Crippen LogP contribution in [0.1, 0.15) is 6.92 Å². The molecule has 0 aliphatic carbocycles. The molecule has 13 nitrogen and oxygen atoms in total. The van der Waals surface area contributed by atoms with E-state index in [0.29, 0.717) is 164 Å². The van der Waals surface area contributed by atoms with Gasteiger partial charge in [0.2, 0.25) is 0 Å². The second-order valence-electron chi connectivity index (χ2n) is 8.57. The van der Waals surface area contributed by atoms with Crippen molar-refractivity contribution in [2.75, 3.05) is 177 Å². The smallest absolute Gasteiger partial charge is 0.793 e. The van der Waals surface area contributed by atoms with Crippen LogP contribution in [0.5, 0.6) is 0 Å². The third kappa shape index (κ3) is 64.8. The summed E-state index contributed by atoms with van der Waals surface area (Å²) in [6.07, 6.45) is 3.36. The van der Waals surface area contributed by atoms with E-state index in [1.54, 1.807) is 12.2 Å². The van der Waals surface area contributed by atoms with Crippen molar-refractivity contribution < 1.29 is 81.4 Å². The zero-order chi connectivity index (χ0) is 35.0. The normalized spacial score (nSPS) is 10.4. The van der Waals surface area contributed by atoms with E-state index < -0.39 is 0 Å². The Hall–Kier alpha value is 0.283. The van der Waals surface area contributed by atoms with Crippen molar-refractivity contribution in [2.45, 2.75) is 6.92 Å². The molecule has 16 heteroatoms. The average molecular weight is 786 g/mol. The maximum atomic E-state index is 8.13. The third-order valence-corrected chi connectivity index (χ3v) is 4.82. The Morgan fingerprint density at radius 1 is 0.396 bits per heavy atom. The third-order valence-electron chi connectivity index (χ3n) is 4.65. The molecule has 0 saturated heterocycles. The fourth-order valence-corrected chi connectivity index (χ4v) is 2.77. The standard InChI is InChI=1S/C25H50O11S.C5H10O2.C2H6S.Zn/c1-2-3-26-4-5-27-6-7-28-8-9-29-10-11-30-12-13-31-14-15-32-16-17-33-18-19-34-20-21-35-22-23-36-24-25-37;1-2-4-7-5-3-6;1-2-3;/h2,37H,1,3-25H2;2,6H,1,3-5H2;3H,2H2,1H3;/q;;;+2/p-2. The first-order chi connectivity index (χ1) is 23.2. The van der Waals surface area contributed by atoms with Crippen LogP contribution in [0.2, 0.25) is 0 Å². The summed E-state index contributed by atoms with van der Waals surface area (Å²) in [4.78, 5) is 0. The first-order valence-electron chi connectivity index (χ1n) is 16.2. The molecule has 0 bridgehead atoms. The minimum absolute atomic E-state index is 0. The Labute approximate surface area is 314 Å². The molecule has 0 heterocycles. The molecule has 0 atom stereocenters. The van der Waals surface area contributed by atoms with E-state index in [0.717, 1.165) is 5.75 Å². The number of aliphatic hydroxyl groups is 1. The van der Waals surface area contributed by atoms with Gasteiger partial charge in [0, 0.05) is 6.61 Å². The Balaban J connectivity index is -0.000000762. The molecular formula is C32H64O13S2Zn. The van der Waals surface area contributed by atoms with Gasteiger partial charge in [-0.05, 0) is 0 Å². The molecule has 0 aliphatic heterocycles. The molecule has 48 heavy (non-hydrogen) atoms. The minimum atomic E-state index is 0. The Bertz CT molecular complexity index is 548. The molecule has 0 spiro atoms. The fraction of sp³-hybridized carbons (Fsp3) is 0.875. The van der Waals surface area contributed by atoms with Crippen LogP contribution in [0.15, 0.2) is 25.3 Å². The van der Waals surface area contributed by atoms with Crippen LogP contribution in [0, 0.1) is 0 Å². The monoisotopic (exact) mass is 784 g/mol. The number of hydrogen-bond donors (Lipinski definition) is 1. The van der Waals surface area contributed by atoms with Crippen molar-refractivity contribution in [3.05, 3.63) is 25.3 Å². The summed E-state index contributed by atoms with van der Waals surface area (Å²) in [5, 5.41) is 8.13. The maximum Gasteiger partial charge on any atom is 2.00 e. The van der Waals surface area contributed by atoms with Gasteiger partial charge in [0.15, 0.2) is 0 Å². The van der Waals surface area contributed by atoms with Crippen molar-refractivity contribution in [3.63, 3.8) is 0 Å². The Morgan fingerprint density at radius 3 is 0.771 bits per heavy atom. The molecule has 0 saturated carbocycles. The molecule has 0 aromatic rings. The first kappa shape index (κ1) is 55.0. The summed E-state index contributed by atoms with van der Waals surface area (Å²) in [6.45, 7) is 21.8. The van der Waals surface area contributed by atoms with E-state index in [9.17, 15) is 0 Å². The van der Waals surface area contributed by atoms with Gasteiger partial charge in [0.25, 0.3) is 0 Å². The predicted octanol–water partition coefficient (Wildman–Crippen LogP) is 1.63. The van der Waals surface area contributed by atoms with Crippen LogP contribution in [0.25, 0.3) is 0 Å². The molecular weight excluding hydrogens is 722 g/mol. The molecule has 0 aromatic carbocycles. The molecule has 0 radical (unpaired) electrons. The van der Waals surface area contributed by atoms with Crippen LogP contribution >= 0.6 is 0 Å². The van der Waals surface area contributed by atoms with Gasteiger partial charge in [0.1, 0.15) is 0 Å². The van der Waals surface area contributed by atoms with Gasteiger partial charge >= 0.3 is 19.5 Å². The zero-order valence-corrected chi connectivity index (χ0v) is 34.1. The van der Waals surface area contributed by atoms with Gasteiger partial charge in [-0.15, -0.1) is 13.2 Å². The Kier molecular flexibility index (Phi) is 68.2. The van der Waals surface area contributed by atoms with Gasteiger partial charge in [-0.3, -0.25) is 0 Å². The van der Waals surface area contributed by atoms with Crippen molar-refractivity contribution in [3.8, 4) is 0 Å². The minimum Gasteiger partial charge on any atom is -0.793 e. The van der Waals surface area contributed by atoms with Crippen LogP contribution in [0.4, 0.5) is 0 Å². The molecule has 0 rings (SSSR count). The zero-order valence-electron chi connectivity index (χ0n) is 29.5. The van der Waals surface area contributed by atoms with E-state index in [-0.39, 0.29) is 26.1 Å². The number of ether oxygens (including phenoxy) is 12. The summed E-state index contributed by atoms with van der Waals surface area (Å²) in [5.74, 6) is 1.44. The van der Waals surface area contributed by atoms with Gasteiger partial charge in [-0.2, -0.15) is 11.5 Å². The van der Waals surface area contributed by atoms with Crippen molar-refractivity contribution in [1.82, 2.24) is 0 Å². The fourth-order valence-electron chi connectivity index (χ4n) is 2.66. The first-order valence-corrected chi connectivity index (χ1v) is 17.3. The average Bonchev–Trinajstić information content (AvgIpc) is 3.08. The summed E-state index contributed by atoms with van der Waals surface area (Å²) < 4.78 is 63.9. The second kappa shape index (κ2) is 59.4. The van der Waals surface area contributed by atoms with Gasteiger partial charge in [-0.25, -0.2) is 0 Å². The van der Waals surface area contributed by atoms with Crippen LogP contribution < -0.4 is 0 Å². The molecule has 1 N–H and O–H groups in total. The summed E-state index contributed by atoms with van der Waals surface area (Å²) in [5.41, 5.74) is 0. The van der Waals surface area contributed by atoms with Crippen LogP contribution in [-0.2, 0) is 102 Å². The molecule has 0 fully saturated rings. The maximum absolute atomic E-state index is 8.13. The van der Waals surface area contributed by atoms with Crippen molar-refractivity contribution >= 4 is 25.3 Å². The summed E-state index contributed by atoms with van der Waals surface area (Å²) in [6, 6.07) is 0. The van der Waals surface area contributed by atoms with E-state index in [1.165, 1.54) is 0 Å². The van der Waals surface area contributed by atoms with Crippen molar-refractivity contribution in [1.29, 1.82) is 0 Å². The quantitative estimate of drug-likeness (QED) is 0.0421. The van der Waals surface area contributed by atoms with Crippen molar-refractivity contribution in [2.24, 2.45) is 0 Å². The van der Waals surface area contributed by atoms with E-state index in [4.69, 9.17) is 74.6 Å². The van der Waals surface area contributed by atoms with E-state index in [1.807, 2.05) is 6.92 Å². The van der Waals surface area contributed by atoms with E-state index in [2.05, 4.69) is 25.8 Å². The summed E-state index contributed by atoms with van der Waals surface area (Å²) >= 11 is 9.17. The summed E-state index contributed by atoms with van der Waals surface area (Å²) in [7, 11) is 0. The van der Waals surface area contributed by atoms with Crippen LogP contribution in [-0.4, -0.2) is 182 Å². The molecule has 0 aromatic heterocycles. The second-order valence-corrected chi connectivity index (χ2v) is 9.55. The van der Waals surface area contributed by atoms with Gasteiger partial charge in [0.05, 0.1) is 159 Å².